The number of carbonyl (C=O) groups is 1. The number of nitrogens with zero attached hydrogens (tertiary/aromatic N) is 1. The van der Waals surface area contributed by atoms with Crippen molar-refractivity contribution in [2.75, 3.05) is 12.3 Å². The Morgan fingerprint density at radius 3 is 2.48 bits per heavy atom. The third-order valence-electron chi connectivity index (χ3n) is 5.23. The SMILES string of the molecule is Nc1cc(Cl)c(Oc2ccc3c(c2)CCN(Cc2ccc(F)c(Cl)c2)C3C=O)c(Cl)c1. The number of hydrogen-bond donors (Lipinski definition) is 1. The number of nitrogen functional groups attached to an aromatic ring is 1. The first-order valence-corrected chi connectivity index (χ1v) is 10.7. The predicted molar refractivity (Wildman–Crippen MR) is 122 cm³/mol. The van der Waals surface area contributed by atoms with E-state index in [-0.39, 0.29) is 5.02 Å². The number of ether oxygens (including phenoxy) is 1. The number of benzene rings is 3. The van der Waals surface area contributed by atoms with Gasteiger partial charge in [0.15, 0.2) is 5.75 Å². The molecular formula is C23H18Cl3FN2O2. The van der Waals surface area contributed by atoms with E-state index in [0.717, 1.165) is 29.4 Å². The van der Waals surface area contributed by atoms with Crippen LogP contribution in [0.3, 0.4) is 0 Å². The number of hydrogen-bond acceptors (Lipinski definition) is 4. The largest absolute Gasteiger partial charge is 0.454 e. The average Bonchev–Trinajstić information content (AvgIpc) is 2.73. The van der Waals surface area contributed by atoms with Crippen LogP contribution in [-0.2, 0) is 17.8 Å². The molecule has 0 spiro atoms. The van der Waals surface area contributed by atoms with E-state index in [1.165, 1.54) is 6.07 Å². The third-order valence-corrected chi connectivity index (χ3v) is 6.09. The van der Waals surface area contributed by atoms with Gasteiger partial charge in [0.25, 0.3) is 0 Å². The van der Waals surface area contributed by atoms with Gasteiger partial charge in [-0.2, -0.15) is 0 Å². The Morgan fingerprint density at radius 1 is 1.06 bits per heavy atom. The van der Waals surface area contributed by atoms with Gasteiger partial charge in [0.1, 0.15) is 17.9 Å². The minimum absolute atomic E-state index is 0.0688. The minimum Gasteiger partial charge on any atom is -0.454 e. The summed E-state index contributed by atoms with van der Waals surface area (Å²) in [6.45, 7) is 1.13. The van der Waals surface area contributed by atoms with Crippen LogP contribution in [0.2, 0.25) is 15.1 Å². The number of carbonyl (C=O) groups excluding carboxylic acids is 1. The maximum atomic E-state index is 13.4. The Labute approximate surface area is 194 Å². The second kappa shape index (κ2) is 9.05. The molecule has 1 heterocycles. The number of anilines is 1. The fraction of sp³-hybridized carbons (Fsp3) is 0.174. The molecule has 4 rings (SSSR count). The summed E-state index contributed by atoms with van der Waals surface area (Å²) in [6.07, 6.45) is 1.63. The van der Waals surface area contributed by atoms with Crippen LogP contribution in [0, 0.1) is 5.82 Å². The van der Waals surface area contributed by atoms with Gasteiger partial charge in [-0.05, 0) is 59.5 Å². The van der Waals surface area contributed by atoms with Crippen LogP contribution in [0.5, 0.6) is 11.5 Å². The van der Waals surface area contributed by atoms with Gasteiger partial charge in [-0.15, -0.1) is 0 Å². The molecule has 8 heteroatoms. The van der Waals surface area contributed by atoms with E-state index >= 15 is 0 Å². The molecule has 0 bridgehead atoms. The lowest BCUT2D eigenvalue weighted by Crippen LogP contribution is -2.35. The molecule has 0 aliphatic carbocycles. The first-order valence-electron chi connectivity index (χ1n) is 9.54. The molecule has 0 amide bonds. The Balaban J connectivity index is 1.57. The fourth-order valence-corrected chi connectivity index (χ4v) is 4.54. The zero-order valence-electron chi connectivity index (χ0n) is 16.2. The smallest absolute Gasteiger partial charge is 0.164 e. The van der Waals surface area contributed by atoms with Gasteiger partial charge in [-0.25, -0.2) is 4.39 Å². The second-order valence-corrected chi connectivity index (χ2v) is 8.55. The van der Waals surface area contributed by atoms with Gasteiger partial charge < -0.3 is 15.3 Å². The van der Waals surface area contributed by atoms with E-state index < -0.39 is 11.9 Å². The Kier molecular flexibility index (Phi) is 6.39. The number of fused-ring (bicyclic) bond motifs is 1. The van der Waals surface area contributed by atoms with Crippen LogP contribution in [0.25, 0.3) is 0 Å². The summed E-state index contributed by atoms with van der Waals surface area (Å²) in [5, 5.41) is 0.703. The Bertz CT molecular complexity index is 1130. The van der Waals surface area contributed by atoms with Crippen LogP contribution in [0.15, 0.2) is 48.5 Å². The molecule has 4 nitrogen and oxygen atoms in total. The first kappa shape index (κ1) is 21.9. The Hall–Kier alpha value is -2.31. The molecule has 31 heavy (non-hydrogen) atoms. The summed E-state index contributed by atoms with van der Waals surface area (Å²) in [4.78, 5) is 14.0. The lowest BCUT2D eigenvalue weighted by atomic mass is 9.92. The van der Waals surface area contributed by atoms with Crippen molar-refractivity contribution in [3.8, 4) is 11.5 Å². The van der Waals surface area contributed by atoms with E-state index in [1.54, 1.807) is 30.3 Å². The van der Waals surface area contributed by atoms with Crippen molar-refractivity contribution in [1.29, 1.82) is 0 Å². The average molecular weight is 480 g/mol. The van der Waals surface area contributed by atoms with Gasteiger partial charge in [-0.3, -0.25) is 4.90 Å². The standard InChI is InChI=1S/C23H18Cl3FN2O2/c24-18-7-13(1-4-21(18)27)11-29-6-5-14-8-16(2-3-17(14)22(29)12-30)31-23-19(25)9-15(28)10-20(23)26/h1-4,7-10,12,22H,5-6,11,28H2. The lowest BCUT2D eigenvalue weighted by molar-refractivity contribution is -0.113. The summed E-state index contributed by atoms with van der Waals surface area (Å²) in [5.41, 5.74) is 8.93. The normalized spacial score (nSPS) is 16.1. The molecule has 3 aromatic carbocycles. The second-order valence-electron chi connectivity index (χ2n) is 7.33. The number of rotatable bonds is 5. The van der Waals surface area contributed by atoms with Crippen molar-refractivity contribution in [2.45, 2.75) is 19.0 Å². The van der Waals surface area contributed by atoms with Crippen molar-refractivity contribution < 1.29 is 13.9 Å². The number of halogens is 4. The molecule has 0 radical (unpaired) electrons. The molecular weight excluding hydrogens is 462 g/mol. The van der Waals surface area contributed by atoms with Crippen LogP contribution < -0.4 is 10.5 Å². The highest BCUT2D eigenvalue weighted by atomic mass is 35.5. The molecule has 160 valence electrons. The van der Waals surface area contributed by atoms with Gasteiger partial charge >= 0.3 is 0 Å². The number of nitrogens with two attached hydrogens (primary N) is 1. The van der Waals surface area contributed by atoms with Crippen molar-refractivity contribution >= 4 is 46.8 Å². The zero-order chi connectivity index (χ0) is 22.1. The molecule has 1 atom stereocenters. The lowest BCUT2D eigenvalue weighted by Gasteiger charge is -2.34. The summed E-state index contributed by atoms with van der Waals surface area (Å²) < 4.78 is 19.3. The predicted octanol–water partition coefficient (Wildman–Crippen LogP) is 6.46. The van der Waals surface area contributed by atoms with Crippen molar-refractivity contribution in [3.63, 3.8) is 0 Å². The summed E-state index contributed by atoms with van der Waals surface area (Å²) >= 11 is 18.3. The summed E-state index contributed by atoms with van der Waals surface area (Å²) in [5.74, 6) is 0.431. The summed E-state index contributed by atoms with van der Waals surface area (Å²) in [6, 6.07) is 12.9. The molecule has 1 unspecified atom stereocenters. The molecule has 0 aromatic heterocycles. The third kappa shape index (κ3) is 4.65. The molecule has 1 aliphatic rings. The van der Waals surface area contributed by atoms with E-state index in [2.05, 4.69) is 0 Å². The quantitative estimate of drug-likeness (QED) is 0.337. The number of aldehydes is 1. The van der Waals surface area contributed by atoms with Crippen LogP contribution >= 0.6 is 34.8 Å². The highest BCUT2D eigenvalue weighted by Crippen LogP contribution is 2.39. The van der Waals surface area contributed by atoms with Crippen molar-refractivity contribution in [3.05, 3.63) is 86.1 Å². The van der Waals surface area contributed by atoms with Crippen LogP contribution in [0.4, 0.5) is 10.1 Å². The van der Waals surface area contributed by atoms with Crippen molar-refractivity contribution in [1.82, 2.24) is 4.90 Å². The molecule has 0 saturated carbocycles. The summed E-state index contributed by atoms with van der Waals surface area (Å²) in [7, 11) is 0. The monoisotopic (exact) mass is 478 g/mol. The maximum Gasteiger partial charge on any atom is 0.164 e. The highest BCUT2D eigenvalue weighted by Gasteiger charge is 2.27. The van der Waals surface area contributed by atoms with Gasteiger partial charge in [0, 0.05) is 18.8 Å². The highest BCUT2D eigenvalue weighted by molar-refractivity contribution is 6.37. The van der Waals surface area contributed by atoms with E-state index in [0.29, 0.717) is 40.3 Å². The molecule has 2 N–H and O–H groups in total. The van der Waals surface area contributed by atoms with E-state index in [9.17, 15) is 9.18 Å². The minimum atomic E-state index is -0.463. The van der Waals surface area contributed by atoms with Crippen molar-refractivity contribution in [2.24, 2.45) is 0 Å². The molecule has 3 aromatic rings. The van der Waals surface area contributed by atoms with Gasteiger partial charge in [-0.1, -0.05) is 46.9 Å². The molecule has 1 aliphatic heterocycles. The van der Waals surface area contributed by atoms with Crippen LogP contribution in [-0.4, -0.2) is 17.7 Å². The first-order chi connectivity index (χ1) is 14.9. The Morgan fingerprint density at radius 2 is 1.81 bits per heavy atom. The van der Waals surface area contributed by atoms with Crippen LogP contribution in [0.1, 0.15) is 22.7 Å². The molecule has 0 fully saturated rings. The van der Waals surface area contributed by atoms with Gasteiger partial charge in [0.05, 0.1) is 21.1 Å². The maximum absolute atomic E-state index is 13.4. The van der Waals surface area contributed by atoms with E-state index in [4.69, 9.17) is 45.3 Å². The fourth-order valence-electron chi connectivity index (χ4n) is 3.75. The van der Waals surface area contributed by atoms with E-state index in [1.807, 2.05) is 17.0 Å². The zero-order valence-corrected chi connectivity index (χ0v) is 18.5. The topological polar surface area (TPSA) is 55.6 Å². The van der Waals surface area contributed by atoms with Gasteiger partial charge in [0.2, 0.25) is 0 Å². The molecule has 0 saturated heterocycles.